The summed E-state index contributed by atoms with van der Waals surface area (Å²) < 4.78 is 40.4. The standard InChI is InChI=1S/C11H19NO10S2/c1-2-5(14)3-7(12-22-24(18,19)20)23-11-10(17)9(16)8(15)6(4-13)21-11/h2,5-6,8-11,13-17H,1,3-4H2,(H,18,19,20)/p-1/b12-7-/t5-,6?,8+,9-,10?,11-/m0/s1. The first-order chi connectivity index (χ1) is 11.1. The van der Waals surface area contributed by atoms with E-state index in [4.69, 9.17) is 9.84 Å². The number of nitrogens with zero attached hydrogens (tertiary/aromatic N) is 1. The summed E-state index contributed by atoms with van der Waals surface area (Å²) in [4.78, 5) is 0. The van der Waals surface area contributed by atoms with Gasteiger partial charge in [0.1, 0.15) is 34.9 Å². The second-order valence-electron chi connectivity index (χ2n) is 4.79. The van der Waals surface area contributed by atoms with E-state index in [1.807, 2.05) is 0 Å². The highest BCUT2D eigenvalue weighted by Crippen LogP contribution is 2.30. The van der Waals surface area contributed by atoms with Crippen molar-refractivity contribution in [2.75, 3.05) is 6.61 Å². The predicted octanol–water partition coefficient (Wildman–Crippen LogP) is -2.75. The van der Waals surface area contributed by atoms with Gasteiger partial charge in [0.05, 0.1) is 12.7 Å². The smallest absolute Gasteiger partial charge is 0.284 e. The van der Waals surface area contributed by atoms with Crippen LogP contribution in [0.1, 0.15) is 6.42 Å². The van der Waals surface area contributed by atoms with E-state index in [1.54, 1.807) is 0 Å². The molecule has 0 aromatic rings. The zero-order chi connectivity index (χ0) is 18.5. The van der Waals surface area contributed by atoms with E-state index in [0.29, 0.717) is 11.8 Å². The maximum Gasteiger partial charge on any atom is 0.284 e. The molecule has 1 heterocycles. The van der Waals surface area contributed by atoms with E-state index in [1.165, 1.54) is 0 Å². The Hall–Kier alpha value is -0.770. The van der Waals surface area contributed by atoms with Crippen molar-refractivity contribution in [3.05, 3.63) is 12.7 Å². The molecule has 0 amide bonds. The van der Waals surface area contributed by atoms with E-state index in [0.717, 1.165) is 6.08 Å². The van der Waals surface area contributed by atoms with Gasteiger partial charge < -0.3 is 34.8 Å². The third-order valence-electron chi connectivity index (χ3n) is 2.99. The fraction of sp³-hybridized carbons (Fsp3) is 0.727. The van der Waals surface area contributed by atoms with Gasteiger partial charge in [-0.05, 0) is 0 Å². The molecule has 0 aliphatic carbocycles. The van der Waals surface area contributed by atoms with Crippen LogP contribution in [-0.2, 0) is 19.4 Å². The lowest BCUT2D eigenvalue weighted by atomic mass is 10.0. The van der Waals surface area contributed by atoms with E-state index in [-0.39, 0.29) is 11.5 Å². The molecule has 0 bridgehead atoms. The van der Waals surface area contributed by atoms with Gasteiger partial charge in [-0.1, -0.05) is 23.0 Å². The molecule has 1 rings (SSSR count). The van der Waals surface area contributed by atoms with Gasteiger partial charge in [-0.2, -0.15) is 8.42 Å². The number of thioether (sulfide) groups is 1. The molecular weight excluding hydrogens is 370 g/mol. The molecule has 0 spiro atoms. The van der Waals surface area contributed by atoms with Crippen molar-refractivity contribution < 1.29 is 47.5 Å². The Balaban J connectivity index is 2.92. The Morgan fingerprint density at radius 3 is 2.50 bits per heavy atom. The lowest BCUT2D eigenvalue weighted by Gasteiger charge is -2.39. The predicted molar refractivity (Wildman–Crippen MR) is 80.4 cm³/mol. The van der Waals surface area contributed by atoms with Gasteiger partial charge in [0, 0.05) is 6.42 Å². The van der Waals surface area contributed by atoms with E-state index < -0.39 is 53.0 Å². The molecular formula is C11H18NO10S2-. The van der Waals surface area contributed by atoms with Gasteiger partial charge in [-0.25, -0.2) is 0 Å². The summed E-state index contributed by atoms with van der Waals surface area (Å²) in [5, 5.41) is 50.7. The van der Waals surface area contributed by atoms with Crippen LogP contribution < -0.4 is 0 Å². The minimum atomic E-state index is -5.14. The fourth-order valence-electron chi connectivity index (χ4n) is 1.76. The highest BCUT2D eigenvalue weighted by molar-refractivity contribution is 8.14. The number of ether oxygens (including phenoxy) is 1. The van der Waals surface area contributed by atoms with Crippen molar-refractivity contribution in [2.45, 2.75) is 42.4 Å². The molecule has 2 unspecified atom stereocenters. The van der Waals surface area contributed by atoms with Crippen LogP contribution in [0.2, 0.25) is 0 Å². The SMILES string of the molecule is C=C[C@H](O)C/C(=N/OS(=O)(=O)[O-])S[C@@H]1OC(CO)[C@@H](O)[C@H](O)C1O. The highest BCUT2D eigenvalue weighted by Gasteiger charge is 2.44. The second-order valence-corrected chi connectivity index (χ2v) is 6.93. The third kappa shape index (κ3) is 6.27. The zero-order valence-electron chi connectivity index (χ0n) is 12.2. The summed E-state index contributed by atoms with van der Waals surface area (Å²) in [6.45, 7) is 2.65. The number of aliphatic hydroxyl groups excluding tert-OH is 5. The van der Waals surface area contributed by atoms with Gasteiger partial charge in [0.2, 0.25) is 0 Å². The molecule has 5 N–H and O–H groups in total. The van der Waals surface area contributed by atoms with Crippen LogP contribution in [0.3, 0.4) is 0 Å². The van der Waals surface area contributed by atoms with Crippen molar-refractivity contribution in [1.29, 1.82) is 0 Å². The Morgan fingerprint density at radius 1 is 1.38 bits per heavy atom. The van der Waals surface area contributed by atoms with E-state index in [9.17, 15) is 33.4 Å². The summed E-state index contributed by atoms with van der Waals surface area (Å²) in [7, 11) is -5.14. The molecule has 13 heteroatoms. The van der Waals surface area contributed by atoms with Crippen LogP contribution in [0.5, 0.6) is 0 Å². The van der Waals surface area contributed by atoms with Crippen molar-refractivity contribution in [3.63, 3.8) is 0 Å². The molecule has 1 aliphatic heterocycles. The van der Waals surface area contributed by atoms with E-state index >= 15 is 0 Å². The Kier molecular flexibility index (Phi) is 8.04. The Labute approximate surface area is 142 Å². The molecule has 1 aliphatic rings. The van der Waals surface area contributed by atoms with Crippen LogP contribution >= 0.6 is 11.8 Å². The van der Waals surface area contributed by atoms with Crippen LogP contribution in [0.4, 0.5) is 0 Å². The minimum absolute atomic E-state index is 0.258. The maximum absolute atomic E-state index is 10.5. The zero-order valence-corrected chi connectivity index (χ0v) is 13.8. The molecule has 0 saturated carbocycles. The van der Waals surface area contributed by atoms with Gasteiger partial charge in [0.25, 0.3) is 10.4 Å². The normalized spacial score (nSPS) is 33.1. The molecule has 6 atom stereocenters. The van der Waals surface area contributed by atoms with Crippen LogP contribution in [-0.4, -0.2) is 86.1 Å². The largest absolute Gasteiger partial charge is 0.714 e. The van der Waals surface area contributed by atoms with Gasteiger partial charge in [-0.3, -0.25) is 4.28 Å². The van der Waals surface area contributed by atoms with Crippen LogP contribution in [0.15, 0.2) is 17.8 Å². The average Bonchev–Trinajstić information content (AvgIpc) is 2.52. The average molecular weight is 388 g/mol. The summed E-state index contributed by atoms with van der Waals surface area (Å²) in [6, 6.07) is 0. The molecule has 1 fully saturated rings. The number of aliphatic hydroxyl groups is 5. The van der Waals surface area contributed by atoms with Gasteiger partial charge in [0.15, 0.2) is 0 Å². The van der Waals surface area contributed by atoms with Crippen molar-refractivity contribution >= 4 is 27.2 Å². The van der Waals surface area contributed by atoms with E-state index in [2.05, 4.69) is 16.0 Å². The Morgan fingerprint density at radius 2 is 2.00 bits per heavy atom. The highest BCUT2D eigenvalue weighted by atomic mass is 32.3. The topological polar surface area (TPSA) is 189 Å². The monoisotopic (exact) mass is 388 g/mol. The van der Waals surface area contributed by atoms with Gasteiger partial charge in [-0.15, -0.1) is 6.58 Å². The quantitative estimate of drug-likeness (QED) is 0.0759. The first kappa shape index (κ1) is 21.3. The summed E-state index contributed by atoms with van der Waals surface area (Å²) in [5.41, 5.74) is -1.28. The van der Waals surface area contributed by atoms with Crippen molar-refractivity contribution in [2.24, 2.45) is 5.16 Å². The maximum atomic E-state index is 10.5. The molecule has 0 aromatic carbocycles. The van der Waals surface area contributed by atoms with Crippen LogP contribution in [0.25, 0.3) is 0 Å². The fourth-order valence-corrected chi connectivity index (χ4v) is 3.10. The number of oxime groups is 1. The first-order valence-corrected chi connectivity index (χ1v) is 8.79. The molecule has 0 aromatic heterocycles. The number of hydrogen-bond donors (Lipinski definition) is 5. The molecule has 0 radical (unpaired) electrons. The lowest BCUT2D eigenvalue weighted by molar-refractivity contribution is -0.205. The molecule has 24 heavy (non-hydrogen) atoms. The van der Waals surface area contributed by atoms with Crippen molar-refractivity contribution in [3.8, 4) is 0 Å². The molecule has 140 valence electrons. The number of hydrogen-bond acceptors (Lipinski definition) is 12. The second kappa shape index (κ2) is 9.07. The molecule has 1 saturated heterocycles. The lowest BCUT2D eigenvalue weighted by Crippen LogP contribution is -2.57. The van der Waals surface area contributed by atoms with Crippen molar-refractivity contribution in [1.82, 2.24) is 0 Å². The molecule has 11 nitrogen and oxygen atoms in total. The minimum Gasteiger partial charge on any atom is -0.714 e. The number of rotatable bonds is 7. The Bertz CT molecular complexity index is 551. The summed E-state index contributed by atoms with van der Waals surface area (Å²) >= 11 is 0.542. The third-order valence-corrected chi connectivity index (χ3v) is 4.38. The van der Waals surface area contributed by atoms with Gasteiger partial charge >= 0.3 is 0 Å². The van der Waals surface area contributed by atoms with Crippen LogP contribution in [0, 0.1) is 0 Å². The summed E-state index contributed by atoms with van der Waals surface area (Å²) in [5.74, 6) is 0. The summed E-state index contributed by atoms with van der Waals surface area (Å²) in [6.07, 6.45) is -6.41. The first-order valence-electron chi connectivity index (χ1n) is 6.58.